The average Bonchev–Trinajstić information content (AvgIpc) is 3.63. The number of methoxy groups -OCH3 is 2. The Morgan fingerprint density at radius 3 is 2.62 bits per heavy atom. The Morgan fingerprint density at radius 1 is 1.00 bits per heavy atom. The number of esters is 1. The first-order valence-corrected chi connectivity index (χ1v) is 19.0. The van der Waals surface area contributed by atoms with Gasteiger partial charge in [-0.1, -0.05) is 51.0 Å². The highest BCUT2D eigenvalue weighted by atomic mass is 16.5. The van der Waals surface area contributed by atoms with Gasteiger partial charge in [0.15, 0.2) is 0 Å². The van der Waals surface area contributed by atoms with Crippen LogP contribution in [-0.2, 0) is 16.0 Å². The molecule has 4 saturated heterocycles. The molecule has 48 heavy (non-hydrogen) atoms. The van der Waals surface area contributed by atoms with E-state index >= 15 is 0 Å². The van der Waals surface area contributed by atoms with Crippen molar-refractivity contribution in [2.75, 3.05) is 46.2 Å². The van der Waals surface area contributed by atoms with Crippen molar-refractivity contribution in [1.82, 2.24) is 14.8 Å². The minimum Gasteiger partial charge on any atom is -0.495 e. The summed E-state index contributed by atoms with van der Waals surface area (Å²) in [6.45, 7) is 8.23. The highest BCUT2D eigenvalue weighted by molar-refractivity contribution is 5.86. The largest absolute Gasteiger partial charge is 0.495 e. The van der Waals surface area contributed by atoms with Crippen molar-refractivity contribution < 1.29 is 14.3 Å². The van der Waals surface area contributed by atoms with Crippen LogP contribution in [0.15, 0.2) is 36.4 Å². The molecule has 7 nitrogen and oxygen atoms in total. The van der Waals surface area contributed by atoms with Crippen molar-refractivity contribution in [3.63, 3.8) is 0 Å². The molecule has 7 aliphatic rings. The van der Waals surface area contributed by atoms with Crippen LogP contribution < -0.4 is 10.1 Å². The molecule has 1 aromatic heterocycles. The molecule has 6 bridgehead atoms. The molecule has 7 heteroatoms. The second-order valence-corrected chi connectivity index (χ2v) is 16.4. The number of rotatable bonds is 5. The minimum atomic E-state index is -0.150. The lowest BCUT2D eigenvalue weighted by Crippen LogP contribution is -2.59. The summed E-state index contributed by atoms with van der Waals surface area (Å²) in [5.74, 6) is 4.45. The molecule has 2 N–H and O–H groups in total. The van der Waals surface area contributed by atoms with Crippen molar-refractivity contribution in [3.8, 4) is 5.75 Å². The summed E-state index contributed by atoms with van der Waals surface area (Å²) in [5.41, 5.74) is 7.91. The molecule has 0 amide bonds. The molecule has 5 fully saturated rings. The summed E-state index contributed by atoms with van der Waals surface area (Å²) in [5, 5.41) is 5.42. The number of hydrogen-bond acceptors (Lipinski definition) is 6. The zero-order chi connectivity index (χ0) is 32.8. The van der Waals surface area contributed by atoms with Gasteiger partial charge in [-0.3, -0.25) is 9.69 Å². The van der Waals surface area contributed by atoms with Gasteiger partial charge in [-0.2, -0.15) is 0 Å². The lowest BCUT2D eigenvalue weighted by atomic mass is 9.63. The van der Waals surface area contributed by atoms with Crippen LogP contribution in [0.1, 0.15) is 86.6 Å². The molecule has 256 valence electrons. The van der Waals surface area contributed by atoms with Crippen molar-refractivity contribution in [2.45, 2.75) is 88.8 Å². The Balaban J connectivity index is 1.18. The van der Waals surface area contributed by atoms with E-state index in [0.717, 1.165) is 43.4 Å². The van der Waals surface area contributed by atoms with Crippen molar-refractivity contribution in [2.24, 2.45) is 35.5 Å². The number of carbonyl (C=O) groups is 1. The molecule has 3 aromatic rings. The third-order valence-corrected chi connectivity index (χ3v) is 14.4. The molecule has 1 saturated carbocycles. The van der Waals surface area contributed by atoms with Gasteiger partial charge in [-0.25, -0.2) is 0 Å². The molecule has 5 aliphatic heterocycles. The first kappa shape index (κ1) is 31.0. The highest BCUT2D eigenvalue weighted by Crippen LogP contribution is 2.56. The van der Waals surface area contributed by atoms with Crippen LogP contribution in [0.2, 0.25) is 0 Å². The smallest absolute Gasteiger partial charge is 0.310 e. The van der Waals surface area contributed by atoms with Gasteiger partial charge in [-0.15, -0.1) is 0 Å². The summed E-state index contributed by atoms with van der Waals surface area (Å²) in [6.07, 6.45) is 8.10. The van der Waals surface area contributed by atoms with Crippen LogP contribution in [0.4, 0.5) is 5.69 Å². The number of nitrogens with zero attached hydrogens (tertiary/aromatic N) is 2. The molecule has 2 aliphatic carbocycles. The zero-order valence-corrected chi connectivity index (χ0v) is 29.5. The average molecular weight is 651 g/mol. The summed E-state index contributed by atoms with van der Waals surface area (Å²) in [7, 11) is 5.64. The maximum atomic E-state index is 13.8. The van der Waals surface area contributed by atoms with Gasteiger partial charge in [0.05, 0.1) is 25.8 Å². The van der Waals surface area contributed by atoms with E-state index in [0.29, 0.717) is 29.8 Å². The number of carbonyl (C=O) groups excluding carboxylic acids is 1. The van der Waals surface area contributed by atoms with Gasteiger partial charge in [0, 0.05) is 59.6 Å². The number of likely N-dealkylation sites (tertiary alicyclic amines) is 1. The lowest BCUT2D eigenvalue weighted by Gasteiger charge is -2.54. The third-order valence-electron chi connectivity index (χ3n) is 14.4. The van der Waals surface area contributed by atoms with Gasteiger partial charge >= 0.3 is 5.97 Å². The second kappa shape index (κ2) is 11.8. The number of fused-ring (bicyclic) bond motifs is 9. The maximum absolute atomic E-state index is 13.8. The van der Waals surface area contributed by atoms with E-state index in [1.807, 2.05) is 7.11 Å². The number of H-pyrrole nitrogens is 1. The number of benzene rings is 2. The summed E-state index contributed by atoms with van der Waals surface area (Å²) >= 11 is 0. The van der Waals surface area contributed by atoms with E-state index in [1.165, 1.54) is 77.7 Å². The number of piperidine rings is 3. The van der Waals surface area contributed by atoms with Gasteiger partial charge in [0.1, 0.15) is 5.75 Å². The van der Waals surface area contributed by atoms with E-state index in [9.17, 15) is 4.79 Å². The quantitative estimate of drug-likeness (QED) is 0.290. The summed E-state index contributed by atoms with van der Waals surface area (Å²) in [4.78, 5) is 23.1. The number of nitrogens with one attached hydrogen (secondary N) is 2. The molecular weight excluding hydrogens is 596 g/mol. The van der Waals surface area contributed by atoms with Crippen molar-refractivity contribution >= 4 is 22.6 Å². The number of hydrogen-bond donors (Lipinski definition) is 2. The fraction of sp³-hybridized carbons (Fsp3) is 0.634. The fourth-order valence-corrected chi connectivity index (χ4v) is 12.3. The fourth-order valence-electron chi connectivity index (χ4n) is 12.3. The van der Waals surface area contributed by atoms with Gasteiger partial charge < -0.3 is 24.7 Å². The van der Waals surface area contributed by atoms with Gasteiger partial charge in [0.25, 0.3) is 0 Å². The van der Waals surface area contributed by atoms with Gasteiger partial charge in [-0.05, 0) is 104 Å². The Morgan fingerprint density at radius 2 is 1.83 bits per heavy atom. The standard InChI is InChI=1S/C41H54N4O3/c1-6-23-14-22-15-32-37-27(12-13-45(20-22)40(23)32)30-16-25(17-35(47-4)39(30)43-37)29-18-28-24(7-2)21-44(3)34(36(28)41(46)48-5)19-31-26-10-8-9-11-33(26)42-38(29)31/h8-11,16-17,22-24,27-29,32,34,36-37,40,42-43H,6-7,12-15,18-21H2,1-5H3/t22-,23-,24-,27-,28-,29-,32+,34-,36+,37+,40+/m0/s1. The van der Waals surface area contributed by atoms with Crippen LogP contribution >= 0.6 is 0 Å². The number of para-hydroxylation sites is 1. The van der Waals surface area contributed by atoms with Crippen LogP contribution in [0.3, 0.4) is 0 Å². The lowest BCUT2D eigenvalue weighted by molar-refractivity contribution is -0.155. The monoisotopic (exact) mass is 650 g/mol. The van der Waals surface area contributed by atoms with Crippen LogP contribution in [-0.4, -0.2) is 79.8 Å². The first-order valence-electron chi connectivity index (χ1n) is 19.0. The molecule has 12 atom stereocenters. The maximum Gasteiger partial charge on any atom is 0.310 e. The van der Waals surface area contributed by atoms with E-state index in [4.69, 9.17) is 9.47 Å². The molecule has 2 aromatic carbocycles. The summed E-state index contributed by atoms with van der Waals surface area (Å²) < 4.78 is 11.9. The number of likely N-dealkylation sites (N-methyl/N-ethyl adjacent to an activating group) is 1. The highest BCUT2D eigenvalue weighted by Gasteiger charge is 2.54. The molecule has 0 radical (unpaired) electrons. The Kier molecular flexibility index (Phi) is 7.61. The second-order valence-electron chi connectivity index (χ2n) is 16.4. The molecule has 6 heterocycles. The van der Waals surface area contributed by atoms with E-state index in [-0.39, 0.29) is 29.8 Å². The third kappa shape index (κ3) is 4.55. The normalized spacial score (nSPS) is 38.2. The number of ether oxygens (including phenoxy) is 2. The molecule has 0 spiro atoms. The first-order chi connectivity index (χ1) is 23.4. The molecule has 1 unspecified atom stereocenters. The van der Waals surface area contributed by atoms with Crippen LogP contribution in [0.25, 0.3) is 10.9 Å². The predicted molar refractivity (Wildman–Crippen MR) is 191 cm³/mol. The SMILES string of the molecule is CC[C@H]1CN(C)[C@H]2Cc3c([nH]c4ccccc34)[C@H](c3cc(OC)c4c(c3)[C@@H]3CCN5C[C@H]6C[C@H](CC)[C@@H]5[C@H](C6)[C@@H]3N4)C[C@@H]1[C@H]2C(=O)OC. The number of anilines is 1. The topological polar surface area (TPSA) is 69.8 Å². The van der Waals surface area contributed by atoms with E-state index in [1.54, 1.807) is 7.11 Å². The van der Waals surface area contributed by atoms with E-state index < -0.39 is 0 Å². The Labute approximate surface area is 286 Å². The van der Waals surface area contributed by atoms with Gasteiger partial charge in [0.2, 0.25) is 0 Å². The Hall–Kier alpha value is -3.03. The predicted octanol–water partition coefficient (Wildman–Crippen LogP) is 7.02. The molecule has 10 rings (SSSR count). The van der Waals surface area contributed by atoms with Crippen molar-refractivity contribution in [1.29, 1.82) is 0 Å². The molecular formula is C41H54N4O3. The minimum absolute atomic E-state index is 0.0464. The van der Waals surface area contributed by atoms with Crippen LogP contribution in [0, 0.1) is 35.5 Å². The van der Waals surface area contributed by atoms with Crippen LogP contribution in [0.5, 0.6) is 5.75 Å². The Bertz CT molecular complexity index is 1720. The van der Waals surface area contributed by atoms with E-state index in [2.05, 4.69) is 77.4 Å². The van der Waals surface area contributed by atoms with Crippen molar-refractivity contribution in [3.05, 3.63) is 58.8 Å². The summed E-state index contributed by atoms with van der Waals surface area (Å²) in [6, 6.07) is 15.0. The number of aromatic nitrogens is 1. The zero-order valence-electron chi connectivity index (χ0n) is 29.5. The number of aromatic amines is 1.